The molecule has 0 aromatic carbocycles. The highest BCUT2D eigenvalue weighted by Crippen LogP contribution is 2.78. The van der Waals surface area contributed by atoms with Crippen LogP contribution in [0.2, 0.25) is 0 Å². The van der Waals surface area contributed by atoms with E-state index in [1.54, 1.807) is 7.11 Å². The molecule has 0 unspecified atom stereocenters. The summed E-state index contributed by atoms with van der Waals surface area (Å²) in [4.78, 5) is 12.1. The van der Waals surface area contributed by atoms with Crippen LogP contribution in [0, 0.1) is 29.1 Å². The second-order valence-electron chi connectivity index (χ2n) is 7.85. The molecule has 0 amide bonds. The van der Waals surface area contributed by atoms with E-state index in [4.69, 9.17) is 9.47 Å². The van der Waals surface area contributed by atoms with Gasteiger partial charge in [0.25, 0.3) is 0 Å². The van der Waals surface area contributed by atoms with Crippen LogP contribution < -0.4 is 0 Å². The first kappa shape index (κ1) is 16.8. The van der Waals surface area contributed by atoms with Gasteiger partial charge < -0.3 is 9.47 Å². The number of methoxy groups -OCH3 is 1. The predicted octanol–water partition coefficient (Wildman–Crippen LogP) is 4.14. The fourth-order valence-electron chi connectivity index (χ4n) is 5.86. The smallest absolute Gasteiger partial charge is 0.306 e. The van der Waals surface area contributed by atoms with Crippen molar-refractivity contribution in [3.63, 3.8) is 0 Å². The maximum atomic E-state index is 12.1. The Balaban J connectivity index is 1.92. The summed E-state index contributed by atoms with van der Waals surface area (Å²) in [5.74, 6) is 1.73. The van der Waals surface area contributed by atoms with Gasteiger partial charge in [-0.15, -0.1) is 0 Å². The summed E-state index contributed by atoms with van der Waals surface area (Å²) >= 11 is 0. The highest BCUT2D eigenvalue weighted by molar-refractivity contribution is 5.69. The Labute approximate surface area is 140 Å². The maximum Gasteiger partial charge on any atom is 0.306 e. The van der Waals surface area contributed by atoms with Crippen LogP contribution in [0.15, 0.2) is 23.8 Å². The molecule has 3 aliphatic rings. The second-order valence-corrected chi connectivity index (χ2v) is 7.85. The quantitative estimate of drug-likeness (QED) is 0.564. The number of rotatable bonds is 5. The van der Waals surface area contributed by atoms with E-state index < -0.39 is 0 Å². The van der Waals surface area contributed by atoms with Gasteiger partial charge >= 0.3 is 5.97 Å². The van der Waals surface area contributed by atoms with Crippen molar-refractivity contribution in [3.8, 4) is 0 Å². The van der Waals surface area contributed by atoms with Crippen LogP contribution in [-0.4, -0.2) is 25.3 Å². The van der Waals surface area contributed by atoms with Gasteiger partial charge in [-0.1, -0.05) is 37.6 Å². The van der Waals surface area contributed by atoms with Crippen molar-refractivity contribution in [1.29, 1.82) is 0 Å². The number of hydrogen-bond acceptors (Lipinski definition) is 3. The average molecular weight is 318 g/mol. The van der Waals surface area contributed by atoms with Gasteiger partial charge in [0, 0.05) is 30.8 Å². The van der Waals surface area contributed by atoms with E-state index in [1.807, 2.05) is 6.92 Å². The zero-order chi connectivity index (χ0) is 16.9. The minimum atomic E-state index is -0.0476. The minimum Gasteiger partial charge on any atom is -0.462 e. The number of carbonyl (C=O) groups is 1. The topological polar surface area (TPSA) is 35.5 Å². The van der Waals surface area contributed by atoms with Gasteiger partial charge in [0.1, 0.15) is 6.10 Å². The normalized spacial score (nSPS) is 44.1. The molecule has 2 saturated carbocycles. The molecule has 0 radical (unpaired) electrons. The molecular weight excluding hydrogens is 288 g/mol. The molecule has 2 fully saturated rings. The minimum absolute atomic E-state index is 0.0287. The van der Waals surface area contributed by atoms with Gasteiger partial charge in [0.15, 0.2) is 0 Å². The Hall–Kier alpha value is -1.09. The summed E-state index contributed by atoms with van der Waals surface area (Å²) in [7, 11) is 1.81. The van der Waals surface area contributed by atoms with E-state index in [0.717, 1.165) is 12.8 Å². The molecule has 0 saturated heterocycles. The second kappa shape index (κ2) is 5.77. The predicted molar refractivity (Wildman–Crippen MR) is 90.8 cm³/mol. The molecule has 128 valence electrons. The molecule has 0 bridgehead atoms. The Morgan fingerprint density at radius 3 is 2.70 bits per heavy atom. The fourth-order valence-corrected chi connectivity index (χ4v) is 5.86. The van der Waals surface area contributed by atoms with Crippen LogP contribution in [0.4, 0.5) is 0 Å². The third-order valence-corrected chi connectivity index (χ3v) is 6.48. The number of ether oxygens (including phenoxy) is 2. The lowest BCUT2D eigenvalue weighted by Gasteiger charge is -2.39. The SMILES string of the molecule is C=C(C)[C@@H]1[C@@H]2[C@H](OC(=O)CCC)C[C@H](C)[C@H]3[C@H](OC)C=C(C)[C@@]231. The van der Waals surface area contributed by atoms with E-state index in [9.17, 15) is 4.79 Å². The summed E-state index contributed by atoms with van der Waals surface area (Å²) in [6, 6.07) is 0. The van der Waals surface area contributed by atoms with Crippen molar-refractivity contribution in [2.75, 3.05) is 7.11 Å². The van der Waals surface area contributed by atoms with E-state index in [2.05, 4.69) is 33.4 Å². The standard InChI is InChI=1S/C20H30O3/c1-7-8-16(21)23-15-9-12(4)18-14(22-6)10-13(5)20(18)17(11(2)3)19(15)20/h10,12,14-15,17-19H,2,7-9H2,1,3-6H3/t12-,14+,15+,17+,18-,19-,20-/m0/s1. The molecule has 3 nitrogen and oxygen atoms in total. The number of allylic oxidation sites excluding steroid dienone is 2. The van der Waals surface area contributed by atoms with E-state index in [1.165, 1.54) is 11.1 Å². The summed E-state index contributed by atoms with van der Waals surface area (Å²) in [5, 5.41) is 0. The fraction of sp³-hybridized carbons (Fsp3) is 0.750. The molecule has 0 heterocycles. The third kappa shape index (κ3) is 2.23. The van der Waals surface area contributed by atoms with E-state index >= 15 is 0 Å². The summed E-state index contributed by atoms with van der Waals surface area (Å²) < 4.78 is 11.7. The summed E-state index contributed by atoms with van der Waals surface area (Å²) in [5.41, 5.74) is 2.74. The van der Waals surface area contributed by atoms with Crippen LogP contribution in [-0.2, 0) is 14.3 Å². The molecule has 23 heavy (non-hydrogen) atoms. The monoisotopic (exact) mass is 318 g/mol. The zero-order valence-electron chi connectivity index (χ0n) is 15.1. The number of carbonyl (C=O) groups excluding carboxylic acids is 1. The van der Waals surface area contributed by atoms with Crippen molar-refractivity contribution >= 4 is 5.97 Å². The lowest BCUT2D eigenvalue weighted by molar-refractivity contribution is -0.154. The molecule has 1 spiro atoms. The van der Waals surface area contributed by atoms with Crippen LogP contribution >= 0.6 is 0 Å². The Kier molecular flexibility index (Phi) is 4.20. The molecule has 3 heteroatoms. The Morgan fingerprint density at radius 2 is 2.13 bits per heavy atom. The van der Waals surface area contributed by atoms with Crippen molar-refractivity contribution < 1.29 is 14.3 Å². The van der Waals surface area contributed by atoms with E-state index in [-0.39, 0.29) is 23.6 Å². The molecule has 0 aromatic rings. The highest BCUT2D eigenvalue weighted by atomic mass is 16.5. The Bertz CT molecular complexity index is 549. The summed E-state index contributed by atoms with van der Waals surface area (Å²) in [6.45, 7) is 12.9. The van der Waals surface area contributed by atoms with Crippen LogP contribution in [0.5, 0.6) is 0 Å². The molecule has 7 atom stereocenters. The average Bonchev–Trinajstić information content (AvgIpc) is 3.08. The molecule has 0 aliphatic heterocycles. The van der Waals surface area contributed by atoms with Gasteiger partial charge in [-0.25, -0.2) is 0 Å². The van der Waals surface area contributed by atoms with Crippen molar-refractivity contribution in [2.45, 2.75) is 59.2 Å². The van der Waals surface area contributed by atoms with E-state index in [0.29, 0.717) is 30.1 Å². The largest absolute Gasteiger partial charge is 0.462 e. The van der Waals surface area contributed by atoms with Crippen molar-refractivity contribution in [3.05, 3.63) is 23.8 Å². The van der Waals surface area contributed by atoms with Gasteiger partial charge in [-0.3, -0.25) is 4.79 Å². The first-order valence-electron chi connectivity index (χ1n) is 8.96. The van der Waals surface area contributed by atoms with Crippen molar-refractivity contribution in [2.24, 2.45) is 29.1 Å². The first-order chi connectivity index (χ1) is 10.9. The van der Waals surface area contributed by atoms with Crippen LogP contribution in [0.25, 0.3) is 0 Å². The molecule has 3 aliphatic carbocycles. The maximum absolute atomic E-state index is 12.1. The molecule has 0 N–H and O–H groups in total. The summed E-state index contributed by atoms with van der Waals surface area (Å²) in [6.07, 6.45) is 4.81. The van der Waals surface area contributed by atoms with Gasteiger partial charge in [0.05, 0.1) is 6.10 Å². The van der Waals surface area contributed by atoms with Gasteiger partial charge in [-0.05, 0) is 38.5 Å². The lowest BCUT2D eigenvalue weighted by atomic mass is 9.69. The number of hydrogen-bond donors (Lipinski definition) is 0. The molecule has 0 aromatic heterocycles. The third-order valence-electron chi connectivity index (χ3n) is 6.48. The van der Waals surface area contributed by atoms with Crippen molar-refractivity contribution in [1.82, 2.24) is 0 Å². The van der Waals surface area contributed by atoms with Crippen LogP contribution in [0.1, 0.15) is 47.0 Å². The highest BCUT2D eigenvalue weighted by Gasteiger charge is 2.77. The zero-order valence-corrected chi connectivity index (χ0v) is 15.1. The first-order valence-corrected chi connectivity index (χ1v) is 8.96. The van der Waals surface area contributed by atoms with Gasteiger partial charge in [-0.2, -0.15) is 0 Å². The number of esters is 1. The van der Waals surface area contributed by atoms with Gasteiger partial charge in [0.2, 0.25) is 0 Å². The Morgan fingerprint density at radius 1 is 1.43 bits per heavy atom. The molecule has 3 rings (SSSR count). The van der Waals surface area contributed by atoms with Crippen LogP contribution in [0.3, 0.4) is 0 Å². The molecular formula is C20H30O3. The lowest BCUT2D eigenvalue weighted by Crippen LogP contribution is -2.40.